The molecule has 0 saturated carbocycles. The van der Waals surface area contributed by atoms with Gasteiger partial charge in [0.05, 0.1) is 22.2 Å². The molecule has 0 radical (unpaired) electrons. The topological polar surface area (TPSA) is 101 Å². The molecule has 1 saturated heterocycles. The summed E-state index contributed by atoms with van der Waals surface area (Å²) in [5, 5.41) is 2.36. The van der Waals surface area contributed by atoms with E-state index in [2.05, 4.69) is 5.32 Å². The van der Waals surface area contributed by atoms with Crippen molar-refractivity contribution < 1.29 is 22.8 Å². The van der Waals surface area contributed by atoms with Gasteiger partial charge in [-0.1, -0.05) is 0 Å². The third-order valence-electron chi connectivity index (χ3n) is 3.70. The van der Waals surface area contributed by atoms with E-state index in [0.717, 1.165) is 4.31 Å². The molecule has 2 aliphatic rings. The fourth-order valence-corrected chi connectivity index (χ4v) is 4.28. The van der Waals surface area contributed by atoms with Crippen LogP contribution in [0.4, 0.5) is 5.69 Å². The minimum atomic E-state index is -3.85. The molecule has 0 bridgehead atoms. The van der Waals surface area contributed by atoms with Gasteiger partial charge in [0.2, 0.25) is 10.0 Å². The van der Waals surface area contributed by atoms with E-state index in [9.17, 15) is 22.8 Å². The number of nitrogens with one attached hydrogen (secondary N) is 1. The third-order valence-corrected chi connectivity index (χ3v) is 5.62. The first-order valence-electron chi connectivity index (χ1n) is 6.42. The number of sulfonamides is 1. The molecule has 1 aromatic carbocycles. The molecule has 0 aliphatic carbocycles. The Labute approximate surface area is 121 Å². The van der Waals surface area contributed by atoms with Crippen LogP contribution in [0.5, 0.6) is 0 Å². The van der Waals surface area contributed by atoms with Crippen LogP contribution in [0.2, 0.25) is 0 Å². The molecule has 21 heavy (non-hydrogen) atoms. The average molecular weight is 308 g/mol. The summed E-state index contributed by atoms with van der Waals surface area (Å²) in [4.78, 5) is 33.8. The third kappa shape index (κ3) is 2.07. The van der Waals surface area contributed by atoms with Gasteiger partial charge in [-0.25, -0.2) is 8.42 Å². The number of ketones is 1. The van der Waals surface area contributed by atoms with Crippen LogP contribution in [0.3, 0.4) is 0 Å². The number of carbonyl (C=O) groups excluding carboxylic acids is 3. The fourth-order valence-electron chi connectivity index (χ4n) is 2.62. The molecule has 2 aliphatic heterocycles. The quantitative estimate of drug-likeness (QED) is 0.634. The molecule has 1 atom stereocenters. The van der Waals surface area contributed by atoms with E-state index in [4.69, 9.17) is 0 Å². The summed E-state index contributed by atoms with van der Waals surface area (Å²) < 4.78 is 26.2. The maximum Gasteiger partial charge on any atom is 0.296 e. The van der Waals surface area contributed by atoms with Crippen molar-refractivity contribution in [1.82, 2.24) is 4.31 Å². The number of hydrogen-bond donors (Lipinski definition) is 1. The standard InChI is InChI=1S/C13H12N2O5S/c16-7-8-2-1-5-15(8)21(19,20)9-3-4-11-10(6-9)12(17)13(18)14-11/h3-4,6-8H,1-2,5H2,(H,14,17,18). The maximum absolute atomic E-state index is 12.5. The largest absolute Gasteiger partial charge is 0.318 e. The van der Waals surface area contributed by atoms with Gasteiger partial charge < -0.3 is 10.1 Å². The first-order valence-corrected chi connectivity index (χ1v) is 7.86. The van der Waals surface area contributed by atoms with E-state index >= 15 is 0 Å². The van der Waals surface area contributed by atoms with Crippen LogP contribution in [0.15, 0.2) is 23.1 Å². The smallest absolute Gasteiger partial charge is 0.296 e. The Hall–Kier alpha value is -2.06. The number of amides is 1. The predicted octanol–water partition coefficient (Wildman–Crippen LogP) is 0.173. The summed E-state index contributed by atoms with van der Waals surface area (Å²) in [6, 6.07) is 3.23. The van der Waals surface area contributed by atoms with Crippen molar-refractivity contribution in [2.45, 2.75) is 23.8 Å². The van der Waals surface area contributed by atoms with Crippen LogP contribution >= 0.6 is 0 Å². The van der Waals surface area contributed by atoms with Gasteiger partial charge in [-0.05, 0) is 31.0 Å². The minimum absolute atomic E-state index is 0.0444. The zero-order chi connectivity index (χ0) is 15.2. The molecule has 1 N–H and O–H groups in total. The first kappa shape index (κ1) is 13.9. The lowest BCUT2D eigenvalue weighted by Crippen LogP contribution is -2.36. The lowest BCUT2D eigenvalue weighted by Gasteiger charge is -2.20. The number of Topliss-reactive ketones (excluding diaryl/α,β-unsaturated/α-hetero) is 1. The molecule has 1 amide bonds. The molecule has 7 nitrogen and oxygen atoms in total. The minimum Gasteiger partial charge on any atom is -0.318 e. The van der Waals surface area contributed by atoms with Gasteiger partial charge in [0.1, 0.15) is 6.29 Å². The fraction of sp³-hybridized carbons (Fsp3) is 0.308. The molecule has 1 aromatic rings. The zero-order valence-electron chi connectivity index (χ0n) is 10.9. The summed E-state index contributed by atoms with van der Waals surface area (Å²) in [6.07, 6.45) is 1.73. The van der Waals surface area contributed by atoms with Crippen molar-refractivity contribution in [3.63, 3.8) is 0 Å². The van der Waals surface area contributed by atoms with Gasteiger partial charge in [-0.3, -0.25) is 9.59 Å². The van der Waals surface area contributed by atoms with E-state index in [1.807, 2.05) is 0 Å². The number of hydrogen-bond acceptors (Lipinski definition) is 5. The van der Waals surface area contributed by atoms with Gasteiger partial charge in [0.25, 0.3) is 11.7 Å². The molecule has 0 aromatic heterocycles. The lowest BCUT2D eigenvalue weighted by atomic mass is 10.1. The van der Waals surface area contributed by atoms with Crippen LogP contribution in [0.25, 0.3) is 0 Å². The highest BCUT2D eigenvalue weighted by atomic mass is 32.2. The number of benzene rings is 1. The van der Waals surface area contributed by atoms with Crippen LogP contribution in [0, 0.1) is 0 Å². The van der Waals surface area contributed by atoms with Crippen molar-refractivity contribution in [3.05, 3.63) is 23.8 Å². The Morgan fingerprint density at radius 1 is 1.29 bits per heavy atom. The molecule has 1 fully saturated rings. The Morgan fingerprint density at radius 2 is 2.05 bits per heavy atom. The number of carbonyl (C=O) groups is 3. The number of rotatable bonds is 3. The Balaban J connectivity index is 2.03. The Morgan fingerprint density at radius 3 is 2.76 bits per heavy atom. The van der Waals surface area contributed by atoms with E-state index in [-0.39, 0.29) is 17.0 Å². The van der Waals surface area contributed by atoms with Gasteiger partial charge in [0.15, 0.2) is 0 Å². The number of fused-ring (bicyclic) bond motifs is 1. The Bertz CT molecular complexity index is 756. The molecular weight excluding hydrogens is 296 g/mol. The van der Waals surface area contributed by atoms with E-state index < -0.39 is 27.8 Å². The first-order chi connectivity index (χ1) is 9.95. The summed E-state index contributed by atoms with van der Waals surface area (Å²) in [5.41, 5.74) is 0.347. The molecule has 2 heterocycles. The maximum atomic E-state index is 12.5. The van der Waals surface area contributed by atoms with Crippen molar-refractivity contribution in [3.8, 4) is 0 Å². The van der Waals surface area contributed by atoms with Crippen molar-refractivity contribution in [2.75, 3.05) is 11.9 Å². The normalized spacial score (nSPS) is 22.2. The van der Waals surface area contributed by atoms with Crippen LogP contribution in [-0.4, -0.2) is 43.3 Å². The highest BCUT2D eigenvalue weighted by molar-refractivity contribution is 7.89. The van der Waals surface area contributed by atoms with Crippen LogP contribution in [0.1, 0.15) is 23.2 Å². The van der Waals surface area contributed by atoms with Gasteiger partial charge in [0, 0.05) is 6.54 Å². The van der Waals surface area contributed by atoms with Gasteiger partial charge in [-0.2, -0.15) is 4.31 Å². The molecule has 8 heteroatoms. The second kappa shape index (κ2) is 4.74. The Kier molecular flexibility index (Phi) is 3.14. The lowest BCUT2D eigenvalue weighted by molar-refractivity contribution is -0.112. The predicted molar refractivity (Wildman–Crippen MR) is 72.4 cm³/mol. The second-order valence-corrected chi connectivity index (χ2v) is 6.84. The number of nitrogens with zero attached hydrogens (tertiary/aromatic N) is 1. The summed E-state index contributed by atoms with van der Waals surface area (Å²) >= 11 is 0. The highest BCUT2D eigenvalue weighted by Crippen LogP contribution is 2.30. The second-order valence-electron chi connectivity index (χ2n) is 4.95. The van der Waals surface area contributed by atoms with Crippen LogP contribution < -0.4 is 5.32 Å². The number of anilines is 1. The van der Waals surface area contributed by atoms with E-state index in [1.54, 1.807) is 0 Å². The molecule has 1 unspecified atom stereocenters. The average Bonchev–Trinajstić information content (AvgIpc) is 3.05. The molecular formula is C13H12N2O5S. The van der Waals surface area contributed by atoms with E-state index in [0.29, 0.717) is 24.8 Å². The zero-order valence-corrected chi connectivity index (χ0v) is 11.7. The summed E-state index contributed by atoms with van der Waals surface area (Å²) in [5.74, 6) is -1.53. The number of aldehydes is 1. The van der Waals surface area contributed by atoms with Crippen molar-refractivity contribution in [2.24, 2.45) is 0 Å². The van der Waals surface area contributed by atoms with Crippen LogP contribution in [-0.2, 0) is 19.6 Å². The summed E-state index contributed by atoms with van der Waals surface area (Å²) in [7, 11) is -3.85. The molecule has 110 valence electrons. The molecule has 0 spiro atoms. The SMILES string of the molecule is O=CC1CCCN1S(=O)(=O)c1ccc2c(c1)C(=O)C(=O)N2. The summed E-state index contributed by atoms with van der Waals surface area (Å²) in [6.45, 7) is 0.272. The molecule has 3 rings (SSSR count). The highest BCUT2D eigenvalue weighted by Gasteiger charge is 2.36. The van der Waals surface area contributed by atoms with Gasteiger partial charge in [-0.15, -0.1) is 0 Å². The van der Waals surface area contributed by atoms with Gasteiger partial charge >= 0.3 is 0 Å². The van der Waals surface area contributed by atoms with Crippen molar-refractivity contribution in [1.29, 1.82) is 0 Å². The monoisotopic (exact) mass is 308 g/mol. The van der Waals surface area contributed by atoms with Crippen molar-refractivity contribution >= 4 is 33.7 Å². The van der Waals surface area contributed by atoms with E-state index in [1.165, 1.54) is 18.2 Å².